The lowest BCUT2D eigenvalue weighted by molar-refractivity contribution is 0.120. The number of hydrogen-bond acceptors (Lipinski definition) is 2. The summed E-state index contributed by atoms with van der Waals surface area (Å²) in [6.07, 6.45) is 0.277. The highest BCUT2D eigenvalue weighted by Gasteiger charge is 2.36. The van der Waals surface area contributed by atoms with E-state index in [1.165, 1.54) is 0 Å². The van der Waals surface area contributed by atoms with Crippen molar-refractivity contribution in [3.8, 4) is 0 Å². The molecule has 2 nitrogen and oxygen atoms in total. The van der Waals surface area contributed by atoms with Crippen LogP contribution in [0.4, 0.5) is 0 Å². The summed E-state index contributed by atoms with van der Waals surface area (Å²) in [6.45, 7) is 14.6. The van der Waals surface area contributed by atoms with Gasteiger partial charge in [0.05, 0.1) is 0 Å². The predicted octanol–water partition coefficient (Wildman–Crippen LogP) is 4.88. The second-order valence-electron chi connectivity index (χ2n) is 6.70. The van der Waals surface area contributed by atoms with E-state index >= 15 is 0 Å². The van der Waals surface area contributed by atoms with E-state index in [0.29, 0.717) is 0 Å². The molecular formula is C21H28O2Si. The molecule has 0 unspecified atom stereocenters. The van der Waals surface area contributed by atoms with Gasteiger partial charge in [0.25, 0.3) is 0 Å². The van der Waals surface area contributed by atoms with E-state index in [4.69, 9.17) is 8.85 Å². The Balaban J connectivity index is 2.27. The summed E-state index contributed by atoms with van der Waals surface area (Å²) in [6, 6.07) is 18.7. The smallest absolute Gasteiger partial charge is 0.369 e. The van der Waals surface area contributed by atoms with Crippen molar-refractivity contribution in [2.75, 3.05) is 0 Å². The van der Waals surface area contributed by atoms with Crippen LogP contribution in [0, 0.1) is 0 Å². The van der Waals surface area contributed by atoms with Gasteiger partial charge in [-0.3, -0.25) is 0 Å². The van der Waals surface area contributed by atoms with Crippen LogP contribution in [0.1, 0.15) is 38.8 Å². The first kappa shape index (κ1) is 18.7. The van der Waals surface area contributed by atoms with Gasteiger partial charge in [-0.2, -0.15) is 0 Å². The Bertz CT molecular complexity index is 650. The first-order chi connectivity index (χ1) is 11.3. The highest BCUT2D eigenvalue weighted by molar-refractivity contribution is 6.80. The van der Waals surface area contributed by atoms with Gasteiger partial charge in [0.2, 0.25) is 0 Å². The molecule has 0 radical (unpaired) electrons. The lowest BCUT2D eigenvalue weighted by Crippen LogP contribution is -2.53. The molecule has 0 aliphatic rings. The minimum Gasteiger partial charge on any atom is -0.389 e. The van der Waals surface area contributed by atoms with E-state index < -0.39 is 8.56 Å². The Labute approximate surface area is 147 Å². The third-order valence-corrected chi connectivity index (χ3v) is 7.03. The van der Waals surface area contributed by atoms with Crippen LogP contribution in [0.2, 0.25) is 6.55 Å². The predicted molar refractivity (Wildman–Crippen MR) is 105 cm³/mol. The van der Waals surface area contributed by atoms with Gasteiger partial charge in [-0.15, -0.1) is 0 Å². The number of rotatable bonds is 7. The highest BCUT2D eigenvalue weighted by atomic mass is 28.4. The third kappa shape index (κ3) is 4.66. The van der Waals surface area contributed by atoms with Gasteiger partial charge < -0.3 is 8.85 Å². The van der Waals surface area contributed by atoms with Crippen molar-refractivity contribution in [1.82, 2.24) is 0 Å². The SMILES string of the molecule is C=C(c1ccccc1)c1ccc([Si](C)(OC(C)C)OC(C)C)cc1. The second kappa shape index (κ2) is 7.93. The van der Waals surface area contributed by atoms with Crippen molar-refractivity contribution in [2.45, 2.75) is 46.4 Å². The molecule has 24 heavy (non-hydrogen) atoms. The molecule has 0 saturated carbocycles. The van der Waals surface area contributed by atoms with Crippen molar-refractivity contribution in [2.24, 2.45) is 0 Å². The van der Waals surface area contributed by atoms with Gasteiger partial charge in [-0.05, 0) is 56.1 Å². The van der Waals surface area contributed by atoms with Crippen molar-refractivity contribution in [1.29, 1.82) is 0 Å². The molecule has 0 N–H and O–H groups in total. The summed E-state index contributed by atoms with van der Waals surface area (Å²) in [5.74, 6) is 0. The fraction of sp³-hybridized carbons (Fsp3) is 0.333. The third-order valence-electron chi connectivity index (χ3n) is 3.80. The molecule has 0 atom stereocenters. The van der Waals surface area contributed by atoms with E-state index in [1.54, 1.807) is 0 Å². The molecule has 3 heteroatoms. The van der Waals surface area contributed by atoms with Crippen LogP contribution in [0.5, 0.6) is 0 Å². The van der Waals surface area contributed by atoms with Crippen molar-refractivity contribution >= 4 is 19.3 Å². The number of hydrogen-bond donors (Lipinski definition) is 0. The summed E-state index contributed by atoms with van der Waals surface area (Å²) >= 11 is 0. The maximum absolute atomic E-state index is 6.21. The largest absolute Gasteiger partial charge is 0.389 e. The standard InChI is InChI=1S/C21H28O2Si/c1-16(2)22-24(6,23-17(3)4)21-14-12-20(13-15-21)18(5)19-10-8-7-9-11-19/h7-17H,5H2,1-4,6H3. The van der Waals surface area contributed by atoms with Gasteiger partial charge in [-0.1, -0.05) is 61.2 Å². The lowest BCUT2D eigenvalue weighted by Gasteiger charge is -2.31. The van der Waals surface area contributed by atoms with Crippen LogP contribution in [0.25, 0.3) is 5.57 Å². The molecule has 0 heterocycles. The van der Waals surface area contributed by atoms with Crippen molar-refractivity contribution < 1.29 is 8.85 Å². The highest BCUT2D eigenvalue weighted by Crippen LogP contribution is 2.21. The average molecular weight is 341 g/mol. The summed E-state index contributed by atoms with van der Waals surface area (Å²) in [7, 11) is -2.42. The molecule has 0 aliphatic heterocycles. The average Bonchev–Trinajstić information content (AvgIpc) is 2.53. The van der Waals surface area contributed by atoms with Crippen LogP contribution in [0.15, 0.2) is 61.2 Å². The first-order valence-corrected chi connectivity index (χ1v) is 10.8. The quantitative estimate of drug-likeness (QED) is 0.669. The zero-order valence-corrected chi connectivity index (χ0v) is 16.4. The van der Waals surface area contributed by atoms with E-state index in [1.807, 2.05) is 18.2 Å². The molecular weight excluding hydrogens is 312 g/mol. The van der Waals surface area contributed by atoms with Crippen LogP contribution in [0.3, 0.4) is 0 Å². The zero-order valence-electron chi connectivity index (χ0n) is 15.4. The maximum Gasteiger partial charge on any atom is 0.369 e. The zero-order chi connectivity index (χ0) is 17.7. The van der Waals surface area contributed by atoms with E-state index in [-0.39, 0.29) is 12.2 Å². The molecule has 0 aliphatic carbocycles. The topological polar surface area (TPSA) is 18.5 Å². The summed E-state index contributed by atoms with van der Waals surface area (Å²) in [4.78, 5) is 0. The molecule has 2 aromatic carbocycles. The fourth-order valence-electron chi connectivity index (χ4n) is 2.84. The van der Waals surface area contributed by atoms with Gasteiger partial charge in [0.1, 0.15) is 0 Å². The van der Waals surface area contributed by atoms with Gasteiger partial charge in [0.15, 0.2) is 0 Å². The summed E-state index contributed by atoms with van der Waals surface area (Å²) in [5.41, 5.74) is 3.29. The molecule has 2 rings (SSSR count). The van der Waals surface area contributed by atoms with Crippen LogP contribution < -0.4 is 5.19 Å². The Hall–Kier alpha value is -1.68. The van der Waals surface area contributed by atoms with Crippen molar-refractivity contribution in [3.05, 3.63) is 72.3 Å². The van der Waals surface area contributed by atoms with Crippen LogP contribution in [-0.4, -0.2) is 20.8 Å². The summed E-state index contributed by atoms with van der Waals surface area (Å²) < 4.78 is 12.4. The van der Waals surface area contributed by atoms with Crippen LogP contribution >= 0.6 is 0 Å². The Morgan fingerprint density at radius 2 is 1.25 bits per heavy atom. The Kier molecular flexibility index (Phi) is 6.16. The first-order valence-electron chi connectivity index (χ1n) is 8.52. The molecule has 0 fully saturated rings. The van der Waals surface area contributed by atoms with Gasteiger partial charge in [-0.25, -0.2) is 0 Å². The molecule has 2 aromatic rings. The molecule has 0 bridgehead atoms. The van der Waals surface area contributed by atoms with Gasteiger partial charge in [0, 0.05) is 12.2 Å². The molecule has 0 aromatic heterocycles. The molecule has 0 saturated heterocycles. The van der Waals surface area contributed by atoms with Crippen LogP contribution in [-0.2, 0) is 8.85 Å². The molecule has 0 amide bonds. The lowest BCUT2D eigenvalue weighted by atomic mass is 10.00. The Morgan fingerprint density at radius 3 is 1.71 bits per heavy atom. The van der Waals surface area contributed by atoms with E-state index in [2.05, 4.69) is 77.2 Å². The van der Waals surface area contributed by atoms with Gasteiger partial charge >= 0.3 is 8.56 Å². The molecule has 0 spiro atoms. The Morgan fingerprint density at radius 1 is 0.792 bits per heavy atom. The monoisotopic (exact) mass is 340 g/mol. The number of benzene rings is 2. The minimum atomic E-state index is -2.42. The van der Waals surface area contributed by atoms with E-state index in [9.17, 15) is 0 Å². The summed E-state index contributed by atoms with van der Waals surface area (Å²) in [5, 5.41) is 1.15. The second-order valence-corrected chi connectivity index (χ2v) is 9.64. The van der Waals surface area contributed by atoms with E-state index in [0.717, 1.165) is 21.9 Å². The maximum atomic E-state index is 6.21. The molecule has 128 valence electrons. The fourth-order valence-corrected chi connectivity index (χ4v) is 5.74. The normalized spacial score (nSPS) is 12.0. The minimum absolute atomic E-state index is 0.138. The van der Waals surface area contributed by atoms with Crippen molar-refractivity contribution in [3.63, 3.8) is 0 Å².